The first-order valence-electron chi connectivity index (χ1n) is 5.59. The van der Waals surface area contributed by atoms with Crippen LogP contribution in [-0.2, 0) is 7.05 Å². The Morgan fingerprint density at radius 2 is 2.06 bits per heavy atom. The van der Waals surface area contributed by atoms with Crippen LogP contribution < -0.4 is 4.74 Å². The highest BCUT2D eigenvalue weighted by atomic mass is 16.5. The van der Waals surface area contributed by atoms with E-state index in [0.29, 0.717) is 22.7 Å². The van der Waals surface area contributed by atoms with Crippen LogP contribution >= 0.6 is 0 Å². The fourth-order valence-electron chi connectivity index (χ4n) is 1.89. The lowest BCUT2D eigenvalue weighted by molar-refractivity contribution is 0.202. The average molecular weight is 248 g/mol. The van der Waals surface area contributed by atoms with Crippen LogP contribution in [-0.4, -0.2) is 32.2 Å². The van der Waals surface area contributed by atoms with E-state index in [4.69, 9.17) is 4.74 Å². The molecule has 96 valence electrons. The Bertz CT molecular complexity index is 565. The predicted molar refractivity (Wildman–Crippen MR) is 65.3 cm³/mol. The quantitative estimate of drug-likeness (QED) is 0.874. The Labute approximate surface area is 105 Å². The van der Waals surface area contributed by atoms with E-state index in [9.17, 15) is 5.11 Å². The van der Waals surface area contributed by atoms with E-state index >= 15 is 0 Å². The average Bonchev–Trinajstić information content (AvgIpc) is 2.72. The maximum atomic E-state index is 10.5. The Balaban J connectivity index is 2.50. The van der Waals surface area contributed by atoms with Crippen LogP contribution in [0.2, 0.25) is 0 Å². The minimum absolute atomic E-state index is 0.555. The van der Waals surface area contributed by atoms with E-state index in [-0.39, 0.29) is 0 Å². The molecule has 0 amide bonds. The number of methoxy groups -OCH3 is 1. The van der Waals surface area contributed by atoms with Gasteiger partial charge in [0.1, 0.15) is 11.8 Å². The van der Waals surface area contributed by atoms with E-state index < -0.39 is 6.10 Å². The van der Waals surface area contributed by atoms with Gasteiger partial charge in [-0.3, -0.25) is 4.68 Å². The second kappa shape index (κ2) is 4.73. The van der Waals surface area contributed by atoms with Crippen molar-refractivity contribution in [3.8, 4) is 5.75 Å². The molecule has 1 N–H and O–H groups in total. The summed E-state index contributed by atoms with van der Waals surface area (Å²) in [5.41, 5.74) is 2.77. The normalized spacial score (nSPS) is 12.5. The first-order valence-corrected chi connectivity index (χ1v) is 5.59. The van der Waals surface area contributed by atoms with Gasteiger partial charge in [0, 0.05) is 12.6 Å². The molecule has 0 spiro atoms. The zero-order chi connectivity index (χ0) is 13.3. The molecule has 6 heteroatoms. The maximum Gasteiger partial charge on any atom is 0.162 e. The molecule has 0 aliphatic carbocycles. The van der Waals surface area contributed by atoms with Crippen molar-refractivity contribution in [3.63, 3.8) is 0 Å². The number of aromatic nitrogens is 4. The fourth-order valence-corrected chi connectivity index (χ4v) is 1.89. The molecule has 1 unspecified atom stereocenters. The van der Waals surface area contributed by atoms with Crippen molar-refractivity contribution in [1.82, 2.24) is 20.0 Å². The van der Waals surface area contributed by atoms with Crippen molar-refractivity contribution in [2.45, 2.75) is 20.0 Å². The fraction of sp³-hybridized carbons (Fsp3) is 0.417. The summed E-state index contributed by atoms with van der Waals surface area (Å²) in [4.78, 5) is 0. The van der Waals surface area contributed by atoms with Gasteiger partial charge < -0.3 is 9.84 Å². The van der Waals surface area contributed by atoms with Crippen molar-refractivity contribution in [2.75, 3.05) is 7.11 Å². The standard InChI is InChI=1S/C12H16N4O2/c1-7-5-9(8(2)15-14-7)12(17)11-10(18-4)6-13-16(11)3/h5-6,12,17H,1-4H3. The zero-order valence-electron chi connectivity index (χ0n) is 10.9. The van der Waals surface area contributed by atoms with Crippen LogP contribution in [0.25, 0.3) is 0 Å². The molecule has 0 saturated carbocycles. The molecule has 0 aliphatic heterocycles. The van der Waals surface area contributed by atoms with Crippen molar-refractivity contribution in [2.24, 2.45) is 7.05 Å². The van der Waals surface area contributed by atoms with Crippen LogP contribution in [0.1, 0.15) is 28.7 Å². The van der Waals surface area contributed by atoms with E-state index in [1.165, 1.54) is 0 Å². The smallest absolute Gasteiger partial charge is 0.162 e. The SMILES string of the molecule is COc1cnn(C)c1C(O)c1cc(C)nnc1C. The molecule has 2 aromatic rings. The number of nitrogens with zero attached hydrogens (tertiary/aromatic N) is 4. The monoisotopic (exact) mass is 248 g/mol. The molecule has 0 bridgehead atoms. The molecular weight excluding hydrogens is 232 g/mol. The molecule has 0 radical (unpaired) electrons. The van der Waals surface area contributed by atoms with Gasteiger partial charge in [0.15, 0.2) is 5.75 Å². The summed E-state index contributed by atoms with van der Waals surface area (Å²) in [6.07, 6.45) is 0.747. The highest BCUT2D eigenvalue weighted by Gasteiger charge is 2.22. The molecule has 0 aromatic carbocycles. The second-order valence-electron chi connectivity index (χ2n) is 4.15. The molecule has 18 heavy (non-hydrogen) atoms. The Kier molecular flexibility index (Phi) is 3.29. The van der Waals surface area contributed by atoms with Crippen LogP contribution in [0.3, 0.4) is 0 Å². The second-order valence-corrected chi connectivity index (χ2v) is 4.15. The van der Waals surface area contributed by atoms with Crippen molar-refractivity contribution in [1.29, 1.82) is 0 Å². The highest BCUT2D eigenvalue weighted by molar-refractivity contribution is 5.36. The summed E-state index contributed by atoms with van der Waals surface area (Å²) in [7, 11) is 3.31. The van der Waals surface area contributed by atoms with Crippen LogP contribution in [0, 0.1) is 13.8 Å². The van der Waals surface area contributed by atoms with Crippen molar-refractivity contribution >= 4 is 0 Å². The first-order chi connectivity index (χ1) is 8.54. The largest absolute Gasteiger partial charge is 0.493 e. The molecular formula is C12H16N4O2. The molecule has 0 fully saturated rings. The summed E-state index contributed by atoms with van der Waals surface area (Å²) < 4.78 is 6.80. The van der Waals surface area contributed by atoms with Crippen LogP contribution in [0.4, 0.5) is 0 Å². The number of aryl methyl sites for hydroxylation is 3. The van der Waals surface area contributed by atoms with E-state index in [0.717, 1.165) is 5.69 Å². The molecule has 2 rings (SSSR count). The number of aliphatic hydroxyl groups excluding tert-OH is 1. The van der Waals surface area contributed by atoms with Gasteiger partial charge in [-0.2, -0.15) is 15.3 Å². The van der Waals surface area contributed by atoms with Crippen LogP contribution in [0.5, 0.6) is 5.75 Å². The van der Waals surface area contributed by atoms with E-state index in [1.807, 2.05) is 19.9 Å². The topological polar surface area (TPSA) is 73.1 Å². The third-order valence-corrected chi connectivity index (χ3v) is 2.86. The molecule has 2 aromatic heterocycles. The Morgan fingerprint density at radius 1 is 1.33 bits per heavy atom. The van der Waals surface area contributed by atoms with E-state index in [1.54, 1.807) is 25.0 Å². The summed E-state index contributed by atoms with van der Waals surface area (Å²) in [6, 6.07) is 1.82. The Morgan fingerprint density at radius 3 is 2.72 bits per heavy atom. The van der Waals surface area contributed by atoms with Gasteiger partial charge in [0.05, 0.1) is 24.7 Å². The molecule has 2 heterocycles. The van der Waals surface area contributed by atoms with Gasteiger partial charge in [-0.15, -0.1) is 0 Å². The van der Waals surface area contributed by atoms with Gasteiger partial charge in [-0.1, -0.05) is 0 Å². The summed E-state index contributed by atoms with van der Waals surface area (Å²) in [5, 5.41) is 22.5. The molecule has 0 aliphatic rings. The summed E-state index contributed by atoms with van der Waals surface area (Å²) in [5.74, 6) is 0.555. The van der Waals surface area contributed by atoms with E-state index in [2.05, 4.69) is 15.3 Å². The highest BCUT2D eigenvalue weighted by Crippen LogP contribution is 2.30. The van der Waals surface area contributed by atoms with Crippen LogP contribution in [0.15, 0.2) is 12.3 Å². The number of aliphatic hydroxyl groups is 1. The number of rotatable bonds is 3. The third kappa shape index (κ3) is 2.06. The van der Waals surface area contributed by atoms with Crippen molar-refractivity contribution in [3.05, 3.63) is 34.9 Å². The molecule has 0 saturated heterocycles. The maximum absolute atomic E-state index is 10.5. The molecule has 6 nitrogen and oxygen atoms in total. The number of ether oxygens (including phenoxy) is 1. The zero-order valence-corrected chi connectivity index (χ0v) is 10.9. The lowest BCUT2D eigenvalue weighted by atomic mass is 10.0. The van der Waals surface area contributed by atoms with Gasteiger partial charge in [-0.25, -0.2) is 0 Å². The van der Waals surface area contributed by atoms with Crippen molar-refractivity contribution < 1.29 is 9.84 Å². The minimum atomic E-state index is -0.832. The number of hydrogen-bond donors (Lipinski definition) is 1. The lowest BCUT2D eigenvalue weighted by Gasteiger charge is -2.15. The van der Waals surface area contributed by atoms with Gasteiger partial charge in [0.25, 0.3) is 0 Å². The summed E-state index contributed by atoms with van der Waals surface area (Å²) in [6.45, 7) is 3.65. The lowest BCUT2D eigenvalue weighted by Crippen LogP contribution is -2.11. The minimum Gasteiger partial charge on any atom is -0.493 e. The summed E-state index contributed by atoms with van der Waals surface area (Å²) >= 11 is 0. The van der Waals surface area contributed by atoms with Gasteiger partial charge in [-0.05, 0) is 19.9 Å². The number of hydrogen-bond acceptors (Lipinski definition) is 5. The predicted octanol–water partition coefficient (Wildman–Crippen LogP) is 0.917. The third-order valence-electron chi connectivity index (χ3n) is 2.86. The van der Waals surface area contributed by atoms with Gasteiger partial charge in [0.2, 0.25) is 0 Å². The van der Waals surface area contributed by atoms with Gasteiger partial charge >= 0.3 is 0 Å². The Hall–Kier alpha value is -1.95. The first kappa shape index (κ1) is 12.5. The molecule has 1 atom stereocenters.